The molecule has 6 N–H and O–H groups in total. The predicted octanol–water partition coefficient (Wildman–Crippen LogP) is 3.72. The molecule has 0 aromatic heterocycles. The van der Waals surface area contributed by atoms with Crippen LogP contribution in [0.4, 0.5) is 0 Å². The van der Waals surface area contributed by atoms with Gasteiger partial charge in [0.1, 0.15) is 23.5 Å². The standard InChI is InChI=1S/C38H55N3O7/c1-8-23(2)29-21-31(43)30(34-33(45)32(44)20-28(22-42)48-34)19-27(29)18-26-10-9-25(17-24(26)3)11-12-37(4,5)35(46)40-38(6,7)36(47)41-15-13-39-14-16-41/h9-12,17,19,21,23,28,32-34,39,42-45H,8,13-16,18,20,22H2,1-7H3,(H,40,46)/b12-11+/t23?,28-,32-,33+,34-/m0/s1. The van der Waals surface area contributed by atoms with Crippen LogP contribution in [0.5, 0.6) is 5.75 Å². The first-order valence-electron chi connectivity index (χ1n) is 17.2. The van der Waals surface area contributed by atoms with Gasteiger partial charge >= 0.3 is 0 Å². The van der Waals surface area contributed by atoms with Crippen LogP contribution in [-0.4, -0.2) is 93.8 Å². The summed E-state index contributed by atoms with van der Waals surface area (Å²) in [6, 6.07) is 9.73. The van der Waals surface area contributed by atoms with Crippen molar-refractivity contribution in [2.24, 2.45) is 5.41 Å². The molecule has 5 atom stereocenters. The van der Waals surface area contributed by atoms with Crippen molar-refractivity contribution in [1.82, 2.24) is 15.5 Å². The van der Waals surface area contributed by atoms with E-state index in [-0.39, 0.29) is 36.5 Å². The number of benzene rings is 2. The van der Waals surface area contributed by atoms with Crippen LogP contribution < -0.4 is 10.6 Å². The summed E-state index contributed by atoms with van der Waals surface area (Å²) in [5, 5.41) is 48.1. The molecule has 2 saturated heterocycles. The van der Waals surface area contributed by atoms with Gasteiger partial charge in [-0.15, -0.1) is 0 Å². The maximum atomic E-state index is 13.3. The number of phenolic OH excluding ortho intramolecular Hbond substituents is 1. The molecule has 10 heteroatoms. The predicted molar refractivity (Wildman–Crippen MR) is 187 cm³/mol. The number of aliphatic hydroxyl groups is 3. The average molecular weight is 666 g/mol. The fraction of sp³-hybridized carbons (Fsp3) is 0.579. The molecule has 2 aromatic rings. The number of phenols is 1. The normalized spacial score (nSPS) is 22.9. The summed E-state index contributed by atoms with van der Waals surface area (Å²) < 4.78 is 5.92. The van der Waals surface area contributed by atoms with E-state index in [0.717, 1.165) is 47.3 Å². The lowest BCUT2D eigenvalue weighted by atomic mass is 9.85. The topological polar surface area (TPSA) is 152 Å². The molecule has 2 heterocycles. The number of piperazine rings is 1. The molecular weight excluding hydrogens is 610 g/mol. The van der Waals surface area contributed by atoms with Gasteiger partial charge < -0.3 is 40.7 Å². The van der Waals surface area contributed by atoms with E-state index in [1.807, 2.05) is 45.1 Å². The number of amides is 2. The minimum Gasteiger partial charge on any atom is -0.508 e. The highest BCUT2D eigenvalue weighted by Gasteiger charge is 2.39. The van der Waals surface area contributed by atoms with Gasteiger partial charge in [-0.2, -0.15) is 0 Å². The molecule has 2 fully saturated rings. The first kappa shape index (κ1) is 37.5. The van der Waals surface area contributed by atoms with Gasteiger partial charge in [-0.3, -0.25) is 9.59 Å². The molecule has 0 radical (unpaired) electrons. The van der Waals surface area contributed by atoms with Crippen molar-refractivity contribution in [3.05, 3.63) is 69.8 Å². The number of hydrogen-bond acceptors (Lipinski definition) is 8. The van der Waals surface area contributed by atoms with Gasteiger partial charge in [0.25, 0.3) is 0 Å². The van der Waals surface area contributed by atoms with Crippen molar-refractivity contribution in [2.45, 2.75) is 104 Å². The van der Waals surface area contributed by atoms with Crippen molar-refractivity contribution in [1.29, 1.82) is 0 Å². The number of aliphatic hydroxyl groups excluding tert-OH is 3. The summed E-state index contributed by atoms with van der Waals surface area (Å²) in [6.07, 6.45) is 1.40. The summed E-state index contributed by atoms with van der Waals surface area (Å²) in [6.45, 7) is 15.8. The Morgan fingerprint density at radius 1 is 1.10 bits per heavy atom. The van der Waals surface area contributed by atoms with E-state index < -0.39 is 35.4 Å². The highest BCUT2D eigenvalue weighted by molar-refractivity contribution is 5.93. The third kappa shape index (κ3) is 8.65. The summed E-state index contributed by atoms with van der Waals surface area (Å²) in [7, 11) is 0. The van der Waals surface area contributed by atoms with Crippen LogP contribution in [0.3, 0.4) is 0 Å². The second-order valence-corrected chi connectivity index (χ2v) is 14.6. The molecular formula is C38H55N3O7. The van der Waals surface area contributed by atoms with E-state index in [0.29, 0.717) is 25.1 Å². The Bertz CT molecular complexity index is 1480. The quantitative estimate of drug-likeness (QED) is 0.213. The fourth-order valence-electron chi connectivity index (χ4n) is 6.42. The summed E-state index contributed by atoms with van der Waals surface area (Å²) in [5.41, 5.74) is 3.54. The maximum Gasteiger partial charge on any atom is 0.247 e. The lowest BCUT2D eigenvalue weighted by Gasteiger charge is -2.37. The molecule has 0 aliphatic carbocycles. The van der Waals surface area contributed by atoms with E-state index in [2.05, 4.69) is 36.6 Å². The molecule has 2 amide bonds. The Kier molecular flexibility index (Phi) is 12.1. The Morgan fingerprint density at radius 2 is 1.79 bits per heavy atom. The number of aromatic hydroxyl groups is 1. The van der Waals surface area contributed by atoms with Gasteiger partial charge in [0.05, 0.1) is 24.2 Å². The smallest absolute Gasteiger partial charge is 0.247 e. The lowest BCUT2D eigenvalue weighted by Crippen LogP contribution is -2.60. The van der Waals surface area contributed by atoms with Gasteiger partial charge in [0.15, 0.2) is 0 Å². The van der Waals surface area contributed by atoms with Crippen molar-refractivity contribution < 1.29 is 34.8 Å². The van der Waals surface area contributed by atoms with E-state index in [9.17, 15) is 30.0 Å². The molecule has 10 nitrogen and oxygen atoms in total. The number of hydrogen-bond donors (Lipinski definition) is 6. The molecule has 2 aliphatic rings. The molecule has 0 saturated carbocycles. The van der Waals surface area contributed by atoms with Crippen molar-refractivity contribution in [3.63, 3.8) is 0 Å². The summed E-state index contributed by atoms with van der Waals surface area (Å²) in [4.78, 5) is 28.3. The first-order chi connectivity index (χ1) is 22.6. The first-order valence-corrected chi connectivity index (χ1v) is 17.2. The molecule has 2 aliphatic heterocycles. The summed E-state index contributed by atoms with van der Waals surface area (Å²) >= 11 is 0. The van der Waals surface area contributed by atoms with Gasteiger partial charge in [-0.25, -0.2) is 0 Å². The van der Waals surface area contributed by atoms with Crippen molar-refractivity contribution >= 4 is 17.9 Å². The monoisotopic (exact) mass is 665 g/mol. The number of aryl methyl sites for hydroxylation is 1. The van der Waals surface area contributed by atoms with Crippen LogP contribution in [0, 0.1) is 12.3 Å². The van der Waals surface area contributed by atoms with Crippen LogP contribution in [0.15, 0.2) is 36.4 Å². The second kappa shape index (κ2) is 15.5. The zero-order valence-electron chi connectivity index (χ0n) is 29.5. The number of rotatable bonds is 11. The molecule has 4 rings (SSSR count). The van der Waals surface area contributed by atoms with Crippen LogP contribution in [0.1, 0.15) is 99.8 Å². The van der Waals surface area contributed by atoms with E-state index in [1.54, 1.807) is 24.8 Å². The Labute approximate surface area is 285 Å². The Balaban J connectivity index is 1.53. The Morgan fingerprint density at radius 3 is 2.42 bits per heavy atom. The van der Waals surface area contributed by atoms with E-state index in [4.69, 9.17) is 4.74 Å². The fourth-order valence-corrected chi connectivity index (χ4v) is 6.42. The van der Waals surface area contributed by atoms with Crippen molar-refractivity contribution in [3.8, 4) is 5.75 Å². The Hall–Kier alpha value is -3.28. The SMILES string of the molecule is CCC(C)c1cc(O)c([C@@H]2O[C@H](CO)C[C@H](O)[C@H]2O)cc1Cc1ccc(/C=C/C(C)(C)C(=O)NC(C)(C)C(=O)N2CCNCC2)cc1C. The van der Waals surface area contributed by atoms with Gasteiger partial charge in [-0.1, -0.05) is 44.2 Å². The number of nitrogens with zero attached hydrogens (tertiary/aromatic N) is 1. The minimum absolute atomic E-state index is 0.00991. The maximum absolute atomic E-state index is 13.3. The van der Waals surface area contributed by atoms with Gasteiger partial charge in [0.2, 0.25) is 11.8 Å². The van der Waals surface area contributed by atoms with Gasteiger partial charge in [-0.05, 0) is 93.3 Å². The van der Waals surface area contributed by atoms with Crippen LogP contribution in [0.25, 0.3) is 6.08 Å². The molecule has 0 bridgehead atoms. The van der Waals surface area contributed by atoms with Crippen LogP contribution in [0.2, 0.25) is 0 Å². The number of ether oxygens (including phenoxy) is 1. The zero-order chi connectivity index (χ0) is 35.4. The minimum atomic E-state index is -1.24. The summed E-state index contributed by atoms with van der Waals surface area (Å²) in [5.74, 6) is -0.161. The highest BCUT2D eigenvalue weighted by Crippen LogP contribution is 2.40. The highest BCUT2D eigenvalue weighted by atomic mass is 16.5. The number of nitrogens with one attached hydrogen (secondary N) is 2. The molecule has 48 heavy (non-hydrogen) atoms. The van der Waals surface area contributed by atoms with Gasteiger partial charge in [0, 0.05) is 38.2 Å². The van der Waals surface area contributed by atoms with Crippen molar-refractivity contribution in [2.75, 3.05) is 32.8 Å². The average Bonchev–Trinajstić information content (AvgIpc) is 3.06. The lowest BCUT2D eigenvalue weighted by molar-refractivity contribution is -0.180. The number of carbonyl (C=O) groups is 2. The molecule has 1 unspecified atom stereocenters. The largest absolute Gasteiger partial charge is 0.508 e. The van der Waals surface area contributed by atoms with Crippen LogP contribution >= 0.6 is 0 Å². The molecule has 264 valence electrons. The van der Waals surface area contributed by atoms with Crippen LogP contribution in [-0.2, 0) is 20.7 Å². The molecule has 2 aromatic carbocycles. The third-order valence-electron chi connectivity index (χ3n) is 9.88. The third-order valence-corrected chi connectivity index (χ3v) is 9.88. The zero-order valence-corrected chi connectivity index (χ0v) is 29.5. The van der Waals surface area contributed by atoms with E-state index >= 15 is 0 Å². The second-order valence-electron chi connectivity index (χ2n) is 14.6. The van der Waals surface area contributed by atoms with E-state index in [1.165, 1.54) is 0 Å². The number of carbonyl (C=O) groups excluding carboxylic acids is 2. The molecule has 0 spiro atoms.